The number of nitrogens with zero attached hydrogens (tertiary/aromatic N) is 3. The average molecular weight is 501 g/mol. The quantitative estimate of drug-likeness (QED) is 0.589. The molecular weight excluding hydrogens is 470 g/mol. The summed E-state index contributed by atoms with van der Waals surface area (Å²) in [6.45, 7) is 3.76. The van der Waals surface area contributed by atoms with Crippen molar-refractivity contribution in [1.29, 1.82) is 0 Å². The van der Waals surface area contributed by atoms with Crippen LogP contribution in [-0.2, 0) is 16.1 Å². The van der Waals surface area contributed by atoms with Crippen molar-refractivity contribution in [3.63, 3.8) is 0 Å². The highest BCUT2D eigenvalue weighted by Crippen LogP contribution is 2.31. The van der Waals surface area contributed by atoms with Gasteiger partial charge in [-0.3, -0.25) is 24.6 Å². The number of piperidine rings is 1. The monoisotopic (exact) mass is 500 g/mol. The maximum Gasteiger partial charge on any atom is 0.263 e. The fraction of sp³-hybridized carbons (Fsp3) is 0.423. The van der Waals surface area contributed by atoms with Crippen molar-refractivity contribution in [2.45, 2.75) is 31.9 Å². The van der Waals surface area contributed by atoms with Gasteiger partial charge in [-0.25, -0.2) is 8.78 Å². The van der Waals surface area contributed by atoms with E-state index in [1.165, 1.54) is 17.0 Å². The average Bonchev–Trinajstić information content (AvgIpc) is 2.88. The lowest BCUT2D eigenvalue weighted by molar-refractivity contribution is -0.136. The summed E-state index contributed by atoms with van der Waals surface area (Å²) in [6, 6.07) is 11.0. The van der Waals surface area contributed by atoms with E-state index in [2.05, 4.69) is 15.1 Å². The van der Waals surface area contributed by atoms with Crippen LogP contribution in [0.4, 0.5) is 14.5 Å². The second kappa shape index (κ2) is 11.0. The largest absolute Gasteiger partial charge is 0.495 e. The van der Waals surface area contributed by atoms with Gasteiger partial charge in [0.2, 0.25) is 11.8 Å². The number of imide groups is 1. The molecule has 0 spiro atoms. The lowest BCUT2D eigenvalue weighted by Crippen LogP contribution is -2.52. The molecule has 1 unspecified atom stereocenters. The van der Waals surface area contributed by atoms with Crippen molar-refractivity contribution in [2.75, 3.05) is 45.2 Å². The van der Waals surface area contributed by atoms with Gasteiger partial charge in [0.1, 0.15) is 11.8 Å². The molecule has 2 fully saturated rings. The van der Waals surface area contributed by atoms with E-state index in [9.17, 15) is 23.2 Å². The van der Waals surface area contributed by atoms with E-state index in [0.717, 1.165) is 37.4 Å². The predicted octanol–water partition coefficient (Wildman–Crippen LogP) is 2.83. The molecule has 0 bridgehead atoms. The number of nitrogens with one attached hydrogen (secondary N) is 1. The fourth-order valence-electron chi connectivity index (χ4n) is 4.64. The number of likely N-dealkylation sites (N-methyl/N-ethyl adjacent to an activating group) is 1. The van der Waals surface area contributed by atoms with Gasteiger partial charge >= 0.3 is 0 Å². The van der Waals surface area contributed by atoms with E-state index in [0.29, 0.717) is 24.3 Å². The highest BCUT2D eigenvalue weighted by atomic mass is 19.3. The number of hydrogen-bond donors (Lipinski definition) is 1. The van der Waals surface area contributed by atoms with Crippen LogP contribution in [0.2, 0.25) is 0 Å². The van der Waals surface area contributed by atoms with Crippen LogP contribution < -0.4 is 15.0 Å². The first kappa shape index (κ1) is 25.6. The van der Waals surface area contributed by atoms with Gasteiger partial charge in [0.05, 0.1) is 12.8 Å². The van der Waals surface area contributed by atoms with Crippen molar-refractivity contribution in [1.82, 2.24) is 15.1 Å². The highest BCUT2D eigenvalue weighted by molar-refractivity contribution is 6.04. The number of carbonyl (C=O) groups excluding carboxylic acids is 3. The molecule has 3 amide bonds. The van der Waals surface area contributed by atoms with E-state index in [4.69, 9.17) is 4.74 Å². The molecule has 1 N–H and O–H groups in total. The molecule has 0 saturated carbocycles. The van der Waals surface area contributed by atoms with Crippen LogP contribution in [0.5, 0.6) is 5.75 Å². The number of piperazine rings is 1. The van der Waals surface area contributed by atoms with Crippen LogP contribution in [0.3, 0.4) is 0 Å². The van der Waals surface area contributed by atoms with E-state index < -0.39 is 18.4 Å². The van der Waals surface area contributed by atoms with E-state index in [1.807, 2.05) is 6.07 Å². The third-order valence-corrected chi connectivity index (χ3v) is 6.78. The van der Waals surface area contributed by atoms with Crippen molar-refractivity contribution in [3.8, 4) is 5.75 Å². The number of methoxy groups -OCH3 is 1. The third kappa shape index (κ3) is 5.64. The summed E-state index contributed by atoms with van der Waals surface area (Å²) in [6.07, 6.45) is -1.97. The zero-order chi connectivity index (χ0) is 25.8. The molecule has 0 aromatic heterocycles. The van der Waals surface area contributed by atoms with Crippen LogP contribution >= 0.6 is 0 Å². The second-order valence-corrected chi connectivity index (χ2v) is 9.08. The standard InChI is InChI=1S/C26H30F2N4O4/c1-30(21-9-10-23(33)29-25(21)34)26(35)19-7-8-20(22(15-19)36-2)32-13-11-31(12-14-32)16-17-3-5-18(6-4-17)24(27)28/h3-8,15,21,24H,9-14,16H2,1-2H3,(H,29,33,34). The van der Waals surface area contributed by atoms with Gasteiger partial charge < -0.3 is 14.5 Å². The van der Waals surface area contributed by atoms with Crippen LogP contribution in [-0.4, -0.2) is 73.9 Å². The first-order valence-corrected chi connectivity index (χ1v) is 11.9. The van der Waals surface area contributed by atoms with E-state index >= 15 is 0 Å². The molecule has 2 aromatic rings. The van der Waals surface area contributed by atoms with Crippen LogP contribution in [0.1, 0.15) is 40.8 Å². The van der Waals surface area contributed by atoms with Crippen LogP contribution in [0, 0.1) is 0 Å². The number of rotatable bonds is 7. The maximum absolute atomic E-state index is 13.0. The zero-order valence-corrected chi connectivity index (χ0v) is 20.4. The molecule has 192 valence electrons. The maximum atomic E-state index is 13.0. The lowest BCUT2D eigenvalue weighted by Gasteiger charge is -2.37. The molecule has 0 aliphatic carbocycles. The molecule has 36 heavy (non-hydrogen) atoms. The van der Waals surface area contributed by atoms with Crippen LogP contribution in [0.15, 0.2) is 42.5 Å². The van der Waals surface area contributed by atoms with Crippen molar-refractivity contribution in [2.24, 2.45) is 0 Å². The summed E-state index contributed by atoms with van der Waals surface area (Å²) >= 11 is 0. The molecule has 2 aliphatic heterocycles. The summed E-state index contributed by atoms with van der Waals surface area (Å²) in [5.74, 6) is -0.549. The van der Waals surface area contributed by atoms with Gasteiger partial charge in [-0.2, -0.15) is 0 Å². The second-order valence-electron chi connectivity index (χ2n) is 9.08. The van der Waals surface area contributed by atoms with E-state index in [-0.39, 0.29) is 23.8 Å². The fourth-order valence-corrected chi connectivity index (χ4v) is 4.64. The Bertz CT molecular complexity index is 1120. The number of hydrogen-bond acceptors (Lipinski definition) is 6. The normalized spacial score (nSPS) is 18.8. The Morgan fingerprint density at radius 3 is 2.42 bits per heavy atom. The van der Waals surface area contributed by atoms with Crippen molar-refractivity contribution in [3.05, 3.63) is 59.2 Å². The molecule has 2 aliphatic rings. The summed E-state index contributed by atoms with van der Waals surface area (Å²) in [4.78, 5) is 42.4. The van der Waals surface area contributed by atoms with Gasteiger partial charge in [-0.05, 0) is 30.2 Å². The topological polar surface area (TPSA) is 82.2 Å². The summed E-state index contributed by atoms with van der Waals surface area (Å²) in [5.41, 5.74) is 2.29. The molecule has 0 radical (unpaired) electrons. The minimum absolute atomic E-state index is 0.0286. The van der Waals surface area contributed by atoms with Gasteiger partial charge in [0.15, 0.2) is 0 Å². The minimum atomic E-state index is -2.46. The Morgan fingerprint density at radius 2 is 1.81 bits per heavy atom. The number of carbonyl (C=O) groups is 3. The Labute approximate surface area is 208 Å². The number of halogens is 2. The van der Waals surface area contributed by atoms with Gasteiger partial charge in [-0.15, -0.1) is 0 Å². The van der Waals surface area contributed by atoms with Crippen molar-refractivity contribution >= 4 is 23.4 Å². The molecule has 10 heteroatoms. The Morgan fingerprint density at radius 1 is 1.11 bits per heavy atom. The van der Waals surface area contributed by atoms with Gasteiger partial charge in [0, 0.05) is 57.3 Å². The summed E-state index contributed by atoms with van der Waals surface area (Å²) in [7, 11) is 3.11. The lowest BCUT2D eigenvalue weighted by atomic mass is 10.0. The third-order valence-electron chi connectivity index (χ3n) is 6.78. The molecule has 4 rings (SSSR count). The SMILES string of the molecule is COc1cc(C(=O)N(C)C2CCC(=O)NC2=O)ccc1N1CCN(Cc2ccc(C(F)F)cc2)CC1. The zero-order valence-electron chi connectivity index (χ0n) is 20.4. The first-order chi connectivity index (χ1) is 17.3. The molecule has 2 heterocycles. The number of benzene rings is 2. The number of amides is 3. The number of anilines is 1. The Balaban J connectivity index is 1.38. The molecule has 2 saturated heterocycles. The molecule has 2 aromatic carbocycles. The minimum Gasteiger partial charge on any atom is -0.495 e. The molecule has 1 atom stereocenters. The van der Waals surface area contributed by atoms with Gasteiger partial charge in [-0.1, -0.05) is 24.3 Å². The highest BCUT2D eigenvalue weighted by Gasteiger charge is 2.33. The number of ether oxygens (including phenoxy) is 1. The molecule has 8 nitrogen and oxygen atoms in total. The summed E-state index contributed by atoms with van der Waals surface area (Å²) < 4.78 is 31.1. The number of alkyl halides is 2. The Hall–Kier alpha value is -3.53. The Kier molecular flexibility index (Phi) is 7.83. The van der Waals surface area contributed by atoms with Gasteiger partial charge in [0.25, 0.3) is 12.3 Å². The smallest absolute Gasteiger partial charge is 0.263 e. The van der Waals surface area contributed by atoms with E-state index in [1.54, 1.807) is 38.4 Å². The summed E-state index contributed by atoms with van der Waals surface area (Å²) in [5, 5.41) is 2.28. The van der Waals surface area contributed by atoms with Crippen molar-refractivity contribution < 1.29 is 27.9 Å². The predicted molar refractivity (Wildman–Crippen MR) is 130 cm³/mol. The van der Waals surface area contributed by atoms with Crippen LogP contribution in [0.25, 0.3) is 0 Å². The first-order valence-electron chi connectivity index (χ1n) is 11.9. The molecular formula is C26H30F2N4O4.